The minimum absolute atomic E-state index is 0.0761. The highest BCUT2D eigenvalue weighted by molar-refractivity contribution is 7.92. The zero-order valence-electron chi connectivity index (χ0n) is 11.9. The molecule has 0 heterocycles. The van der Waals surface area contributed by atoms with Crippen LogP contribution >= 0.6 is 11.6 Å². The maximum absolute atomic E-state index is 12.4. The van der Waals surface area contributed by atoms with Gasteiger partial charge in [0.1, 0.15) is 0 Å². The Bertz CT molecular complexity index is 904. The topological polar surface area (TPSA) is 80.3 Å². The Balaban J connectivity index is 2.35. The number of benzene rings is 2. The second-order valence-corrected chi connectivity index (χ2v) is 8.91. The highest BCUT2D eigenvalue weighted by Gasteiger charge is 2.17. The van der Waals surface area contributed by atoms with Crippen LogP contribution in [0.4, 0.5) is 5.69 Å². The molecule has 2 rings (SSSR count). The zero-order chi connectivity index (χ0) is 16.5. The number of aryl methyl sites for hydroxylation is 1. The Hall–Kier alpha value is -1.57. The monoisotopic (exact) mass is 359 g/mol. The van der Waals surface area contributed by atoms with E-state index in [4.69, 9.17) is 11.6 Å². The van der Waals surface area contributed by atoms with E-state index in [1.54, 1.807) is 19.1 Å². The molecule has 22 heavy (non-hydrogen) atoms. The van der Waals surface area contributed by atoms with E-state index in [9.17, 15) is 16.8 Å². The quantitative estimate of drug-likeness (QED) is 0.910. The molecule has 2 aromatic carbocycles. The maximum atomic E-state index is 12.4. The number of hydrogen-bond donors (Lipinski definition) is 1. The minimum atomic E-state index is -3.80. The molecule has 0 saturated carbocycles. The molecule has 0 aliphatic rings. The summed E-state index contributed by atoms with van der Waals surface area (Å²) >= 11 is 5.84. The predicted octanol–water partition coefficient (Wildman–Crippen LogP) is 2.85. The van der Waals surface area contributed by atoms with Crippen LogP contribution in [0.5, 0.6) is 0 Å². The molecular weight excluding hydrogens is 346 g/mol. The predicted molar refractivity (Wildman–Crippen MR) is 86.5 cm³/mol. The van der Waals surface area contributed by atoms with E-state index in [-0.39, 0.29) is 15.5 Å². The summed E-state index contributed by atoms with van der Waals surface area (Å²) in [6, 6.07) is 10.1. The van der Waals surface area contributed by atoms with Gasteiger partial charge in [0.2, 0.25) is 0 Å². The first-order chi connectivity index (χ1) is 10.1. The Morgan fingerprint density at radius 2 is 1.55 bits per heavy atom. The molecule has 0 unspecified atom stereocenters. The third-order valence-corrected chi connectivity index (χ3v) is 5.86. The van der Waals surface area contributed by atoms with Crippen molar-refractivity contribution in [2.24, 2.45) is 0 Å². The Kier molecular flexibility index (Phi) is 4.51. The first-order valence-corrected chi connectivity index (χ1v) is 9.94. The third-order valence-electron chi connectivity index (χ3n) is 2.97. The van der Waals surface area contributed by atoms with Crippen molar-refractivity contribution in [2.75, 3.05) is 11.0 Å². The van der Waals surface area contributed by atoms with Gasteiger partial charge in [0, 0.05) is 17.0 Å². The van der Waals surface area contributed by atoms with Crippen LogP contribution in [0.3, 0.4) is 0 Å². The molecule has 0 atom stereocenters. The van der Waals surface area contributed by atoms with Gasteiger partial charge in [0.25, 0.3) is 10.0 Å². The van der Waals surface area contributed by atoms with Gasteiger partial charge in [-0.3, -0.25) is 4.72 Å². The summed E-state index contributed by atoms with van der Waals surface area (Å²) in [4.78, 5) is 0.196. The second-order valence-electron chi connectivity index (χ2n) is 4.81. The SMILES string of the molecule is Cc1ccc(Cl)cc1S(=O)(=O)Nc1ccc(S(C)(=O)=O)cc1. The number of sulfonamides is 1. The summed E-state index contributed by atoms with van der Waals surface area (Å²) in [6.45, 7) is 1.66. The smallest absolute Gasteiger partial charge is 0.262 e. The number of rotatable bonds is 4. The van der Waals surface area contributed by atoms with Crippen molar-refractivity contribution in [1.82, 2.24) is 0 Å². The van der Waals surface area contributed by atoms with Crippen molar-refractivity contribution in [1.29, 1.82) is 0 Å². The molecule has 5 nitrogen and oxygen atoms in total. The summed E-state index contributed by atoms with van der Waals surface area (Å²) in [5.41, 5.74) is 0.830. The molecule has 0 amide bonds. The Morgan fingerprint density at radius 3 is 2.09 bits per heavy atom. The fourth-order valence-electron chi connectivity index (χ4n) is 1.84. The average Bonchev–Trinajstić information content (AvgIpc) is 2.40. The van der Waals surface area contributed by atoms with Crippen LogP contribution in [0, 0.1) is 6.92 Å². The van der Waals surface area contributed by atoms with Crippen LogP contribution in [0.25, 0.3) is 0 Å². The normalized spacial score (nSPS) is 12.1. The lowest BCUT2D eigenvalue weighted by molar-refractivity contribution is 0.600. The molecule has 0 spiro atoms. The highest BCUT2D eigenvalue weighted by Crippen LogP contribution is 2.23. The van der Waals surface area contributed by atoms with Crippen molar-refractivity contribution in [3.63, 3.8) is 0 Å². The largest absolute Gasteiger partial charge is 0.280 e. The van der Waals surface area contributed by atoms with Crippen molar-refractivity contribution in [2.45, 2.75) is 16.7 Å². The van der Waals surface area contributed by atoms with Crippen molar-refractivity contribution >= 4 is 37.1 Å². The van der Waals surface area contributed by atoms with Gasteiger partial charge in [-0.25, -0.2) is 16.8 Å². The summed E-state index contributed by atoms with van der Waals surface area (Å²) in [7, 11) is -7.12. The van der Waals surface area contributed by atoms with E-state index in [1.807, 2.05) is 0 Å². The number of sulfone groups is 1. The van der Waals surface area contributed by atoms with Crippen LogP contribution in [0.2, 0.25) is 5.02 Å². The van der Waals surface area contributed by atoms with Crippen molar-refractivity contribution in [3.05, 3.63) is 53.1 Å². The molecule has 0 aliphatic heterocycles. The maximum Gasteiger partial charge on any atom is 0.262 e. The van der Waals surface area contributed by atoms with Crippen molar-refractivity contribution < 1.29 is 16.8 Å². The molecule has 0 aliphatic carbocycles. The fourth-order valence-corrected chi connectivity index (χ4v) is 4.04. The number of halogens is 1. The van der Waals surface area contributed by atoms with Gasteiger partial charge in [-0.15, -0.1) is 0 Å². The van der Waals surface area contributed by atoms with Gasteiger partial charge < -0.3 is 0 Å². The molecule has 0 saturated heterocycles. The lowest BCUT2D eigenvalue weighted by atomic mass is 10.2. The molecule has 0 bridgehead atoms. The van der Waals surface area contributed by atoms with Crippen molar-refractivity contribution in [3.8, 4) is 0 Å². The van der Waals surface area contributed by atoms with E-state index in [1.165, 1.54) is 30.3 Å². The van der Waals surface area contributed by atoms with Gasteiger partial charge in [0.05, 0.1) is 9.79 Å². The molecule has 0 fully saturated rings. The summed E-state index contributed by atoms with van der Waals surface area (Å²) in [5, 5.41) is 0.318. The van der Waals surface area contributed by atoms with E-state index < -0.39 is 19.9 Å². The molecule has 1 N–H and O–H groups in total. The molecular formula is C14H14ClNO4S2. The molecule has 0 aromatic heterocycles. The van der Waals surface area contributed by atoms with Gasteiger partial charge in [0.15, 0.2) is 9.84 Å². The fraction of sp³-hybridized carbons (Fsp3) is 0.143. The van der Waals surface area contributed by atoms with Gasteiger partial charge >= 0.3 is 0 Å². The first kappa shape index (κ1) is 16.8. The molecule has 118 valence electrons. The molecule has 0 radical (unpaired) electrons. The van der Waals surface area contributed by atoms with E-state index in [2.05, 4.69) is 4.72 Å². The number of anilines is 1. The second kappa shape index (κ2) is 5.91. The van der Waals surface area contributed by atoms with Crippen LogP contribution in [0.15, 0.2) is 52.3 Å². The summed E-state index contributed by atoms with van der Waals surface area (Å²) in [5.74, 6) is 0. The Labute approximate surface area is 134 Å². The molecule has 8 heteroatoms. The van der Waals surface area contributed by atoms with Gasteiger partial charge in [-0.1, -0.05) is 17.7 Å². The number of nitrogens with one attached hydrogen (secondary N) is 1. The van der Waals surface area contributed by atoms with Crippen LogP contribution in [-0.2, 0) is 19.9 Å². The lowest BCUT2D eigenvalue weighted by Crippen LogP contribution is -2.14. The first-order valence-electron chi connectivity index (χ1n) is 6.19. The summed E-state index contributed by atoms with van der Waals surface area (Å²) in [6.07, 6.45) is 1.08. The average molecular weight is 360 g/mol. The zero-order valence-corrected chi connectivity index (χ0v) is 14.3. The van der Waals surface area contributed by atoms with Gasteiger partial charge in [-0.05, 0) is 48.9 Å². The summed E-state index contributed by atoms with van der Waals surface area (Å²) < 4.78 is 49.9. The number of hydrogen-bond acceptors (Lipinski definition) is 4. The van der Waals surface area contributed by atoms with E-state index in [0.29, 0.717) is 10.6 Å². The minimum Gasteiger partial charge on any atom is -0.280 e. The van der Waals surface area contributed by atoms with Crippen LogP contribution < -0.4 is 4.72 Å². The highest BCUT2D eigenvalue weighted by atomic mass is 35.5. The lowest BCUT2D eigenvalue weighted by Gasteiger charge is -2.11. The third kappa shape index (κ3) is 3.79. The standard InChI is InChI=1S/C14H14ClNO4S2/c1-10-3-4-11(15)9-14(10)22(19,20)16-12-5-7-13(8-6-12)21(2,17)18/h3-9,16H,1-2H3. The molecule has 2 aromatic rings. The van der Waals surface area contributed by atoms with E-state index in [0.717, 1.165) is 6.26 Å². The van der Waals surface area contributed by atoms with Crippen LogP contribution in [0.1, 0.15) is 5.56 Å². The van der Waals surface area contributed by atoms with E-state index >= 15 is 0 Å². The Morgan fingerprint density at radius 1 is 0.955 bits per heavy atom. The van der Waals surface area contributed by atoms with Gasteiger partial charge in [-0.2, -0.15) is 0 Å². The van der Waals surface area contributed by atoms with Crippen LogP contribution in [-0.4, -0.2) is 23.1 Å².